The maximum atomic E-state index is 12.7. The van der Waals surface area contributed by atoms with Gasteiger partial charge in [-0.1, -0.05) is 49.3 Å². The van der Waals surface area contributed by atoms with E-state index >= 15 is 0 Å². The SMILES string of the molecule is CCC(=O)Nc1c(C)noc1/C=C\c1ccc(S(=O)(=O)Nc2cccc(CC)c2)cc1. The van der Waals surface area contributed by atoms with Gasteiger partial charge >= 0.3 is 0 Å². The van der Waals surface area contributed by atoms with Crippen LogP contribution in [-0.2, 0) is 21.2 Å². The summed E-state index contributed by atoms with van der Waals surface area (Å²) in [6.45, 7) is 5.52. The Hall–Kier alpha value is -3.39. The lowest BCUT2D eigenvalue weighted by molar-refractivity contribution is -0.115. The van der Waals surface area contributed by atoms with Crippen molar-refractivity contribution in [3.8, 4) is 0 Å². The minimum absolute atomic E-state index is 0.132. The third kappa shape index (κ3) is 5.61. The molecule has 0 unspecified atom stereocenters. The molecule has 0 bridgehead atoms. The zero-order valence-electron chi connectivity index (χ0n) is 17.7. The van der Waals surface area contributed by atoms with E-state index in [4.69, 9.17) is 4.52 Å². The highest BCUT2D eigenvalue weighted by molar-refractivity contribution is 7.92. The molecule has 0 saturated heterocycles. The first kappa shape index (κ1) is 22.3. The maximum Gasteiger partial charge on any atom is 0.261 e. The van der Waals surface area contributed by atoms with Crippen LogP contribution in [0.5, 0.6) is 0 Å². The van der Waals surface area contributed by atoms with Crippen molar-refractivity contribution >= 4 is 39.5 Å². The summed E-state index contributed by atoms with van der Waals surface area (Å²) in [6.07, 6.45) is 4.62. The second kappa shape index (κ2) is 9.61. The summed E-state index contributed by atoms with van der Waals surface area (Å²) >= 11 is 0. The average molecular weight is 440 g/mol. The first-order chi connectivity index (χ1) is 14.8. The van der Waals surface area contributed by atoms with Gasteiger partial charge in [-0.2, -0.15) is 0 Å². The molecule has 3 aromatic rings. The number of carbonyl (C=O) groups is 1. The van der Waals surface area contributed by atoms with E-state index in [1.54, 1.807) is 44.2 Å². The van der Waals surface area contributed by atoms with Crippen molar-refractivity contribution in [2.75, 3.05) is 10.0 Å². The summed E-state index contributed by atoms with van der Waals surface area (Å²) in [4.78, 5) is 11.9. The number of benzene rings is 2. The highest BCUT2D eigenvalue weighted by Gasteiger charge is 2.15. The second-order valence-corrected chi connectivity index (χ2v) is 8.65. The van der Waals surface area contributed by atoms with Gasteiger partial charge in [-0.25, -0.2) is 8.42 Å². The van der Waals surface area contributed by atoms with E-state index in [1.807, 2.05) is 25.1 Å². The molecule has 2 N–H and O–H groups in total. The van der Waals surface area contributed by atoms with Gasteiger partial charge in [0.25, 0.3) is 10.0 Å². The molecule has 0 atom stereocenters. The molecule has 0 spiro atoms. The van der Waals surface area contributed by atoms with E-state index in [-0.39, 0.29) is 10.8 Å². The monoisotopic (exact) mass is 439 g/mol. The van der Waals surface area contributed by atoms with Crippen molar-refractivity contribution in [2.45, 2.75) is 38.5 Å². The Balaban J connectivity index is 1.75. The molecular weight excluding hydrogens is 414 g/mol. The molecule has 31 heavy (non-hydrogen) atoms. The van der Waals surface area contributed by atoms with Crippen LogP contribution in [0.25, 0.3) is 12.2 Å². The van der Waals surface area contributed by atoms with Gasteiger partial charge in [0, 0.05) is 12.1 Å². The van der Waals surface area contributed by atoms with Crippen molar-refractivity contribution in [2.24, 2.45) is 0 Å². The number of nitrogens with zero attached hydrogens (tertiary/aromatic N) is 1. The number of carbonyl (C=O) groups excluding carboxylic acids is 1. The van der Waals surface area contributed by atoms with Crippen molar-refractivity contribution in [1.29, 1.82) is 0 Å². The quantitative estimate of drug-likeness (QED) is 0.522. The van der Waals surface area contributed by atoms with E-state index in [2.05, 4.69) is 15.2 Å². The van der Waals surface area contributed by atoms with Crippen molar-refractivity contribution in [1.82, 2.24) is 5.16 Å². The van der Waals surface area contributed by atoms with E-state index in [0.717, 1.165) is 17.5 Å². The van der Waals surface area contributed by atoms with Crippen LogP contribution >= 0.6 is 0 Å². The van der Waals surface area contributed by atoms with Gasteiger partial charge in [0.1, 0.15) is 11.4 Å². The number of nitrogens with one attached hydrogen (secondary N) is 2. The molecule has 0 fully saturated rings. The second-order valence-electron chi connectivity index (χ2n) is 6.97. The van der Waals surface area contributed by atoms with Crippen molar-refractivity contribution < 1.29 is 17.7 Å². The van der Waals surface area contributed by atoms with Crippen LogP contribution in [0.4, 0.5) is 11.4 Å². The van der Waals surface area contributed by atoms with E-state index in [1.165, 1.54) is 12.1 Å². The van der Waals surface area contributed by atoms with Crippen LogP contribution < -0.4 is 10.0 Å². The number of sulfonamides is 1. The first-order valence-corrected chi connectivity index (χ1v) is 11.5. The minimum Gasteiger partial charge on any atom is -0.354 e. The van der Waals surface area contributed by atoms with Crippen molar-refractivity contribution in [3.05, 3.63) is 71.1 Å². The van der Waals surface area contributed by atoms with Gasteiger partial charge in [-0.3, -0.25) is 9.52 Å². The van der Waals surface area contributed by atoms with E-state index < -0.39 is 10.0 Å². The summed E-state index contributed by atoms with van der Waals surface area (Å²) in [5.41, 5.74) is 3.47. The molecule has 0 saturated carbocycles. The van der Waals surface area contributed by atoms with Gasteiger partial charge in [-0.15, -0.1) is 0 Å². The zero-order chi connectivity index (χ0) is 22.4. The van der Waals surface area contributed by atoms with Crippen LogP contribution in [0.1, 0.15) is 42.8 Å². The van der Waals surface area contributed by atoms with Gasteiger partial charge in [0.2, 0.25) is 5.91 Å². The Bertz CT molecular complexity index is 1200. The number of hydrogen-bond donors (Lipinski definition) is 2. The van der Waals surface area contributed by atoms with Crippen LogP contribution in [-0.4, -0.2) is 19.5 Å². The molecule has 8 heteroatoms. The number of aryl methyl sites for hydroxylation is 2. The molecule has 0 aliphatic rings. The van der Waals surface area contributed by atoms with Crippen LogP contribution in [0, 0.1) is 6.92 Å². The summed E-state index contributed by atoms with van der Waals surface area (Å²) in [7, 11) is -3.69. The standard InChI is InChI=1S/C23H25N3O4S/c1-4-17-7-6-8-19(15-17)26-31(28,29)20-12-9-18(10-13-20)11-14-21-23(16(3)25-30-21)24-22(27)5-2/h6-15,26H,4-5H2,1-3H3,(H,24,27)/b14-11-. The Kier molecular flexibility index (Phi) is 6.91. The number of amides is 1. The topological polar surface area (TPSA) is 101 Å². The Morgan fingerprint density at radius 2 is 1.84 bits per heavy atom. The van der Waals surface area contributed by atoms with Gasteiger partial charge in [0.15, 0.2) is 5.76 Å². The number of hydrogen-bond acceptors (Lipinski definition) is 5. The van der Waals surface area contributed by atoms with E-state index in [0.29, 0.717) is 29.2 Å². The summed E-state index contributed by atoms with van der Waals surface area (Å²) in [6, 6.07) is 13.8. The maximum absolute atomic E-state index is 12.7. The largest absolute Gasteiger partial charge is 0.354 e. The highest BCUT2D eigenvalue weighted by atomic mass is 32.2. The first-order valence-electron chi connectivity index (χ1n) is 9.98. The lowest BCUT2D eigenvalue weighted by atomic mass is 10.1. The fraction of sp³-hybridized carbons (Fsp3) is 0.217. The Morgan fingerprint density at radius 1 is 1.10 bits per heavy atom. The number of aromatic nitrogens is 1. The number of anilines is 2. The zero-order valence-corrected chi connectivity index (χ0v) is 18.5. The van der Waals surface area contributed by atoms with Gasteiger partial charge in [-0.05, 0) is 54.8 Å². The third-order valence-electron chi connectivity index (χ3n) is 4.68. The molecule has 0 aliphatic carbocycles. The Morgan fingerprint density at radius 3 is 2.52 bits per heavy atom. The lowest BCUT2D eigenvalue weighted by Gasteiger charge is -2.09. The van der Waals surface area contributed by atoms with Crippen molar-refractivity contribution in [3.63, 3.8) is 0 Å². The molecule has 1 heterocycles. The van der Waals surface area contributed by atoms with Crippen LogP contribution in [0.15, 0.2) is 57.9 Å². The van der Waals surface area contributed by atoms with Gasteiger partial charge < -0.3 is 9.84 Å². The Labute approximate surface area is 182 Å². The molecule has 0 radical (unpaired) electrons. The molecule has 3 rings (SSSR count). The predicted octanol–water partition coefficient (Wildman–Crippen LogP) is 4.87. The predicted molar refractivity (Wildman–Crippen MR) is 122 cm³/mol. The lowest BCUT2D eigenvalue weighted by Crippen LogP contribution is -2.13. The molecule has 1 aromatic heterocycles. The van der Waals surface area contributed by atoms with Gasteiger partial charge in [0.05, 0.1) is 4.90 Å². The number of rotatable bonds is 8. The highest BCUT2D eigenvalue weighted by Crippen LogP contribution is 2.23. The molecule has 162 valence electrons. The van der Waals surface area contributed by atoms with Crippen LogP contribution in [0.3, 0.4) is 0 Å². The average Bonchev–Trinajstić information content (AvgIpc) is 3.11. The summed E-state index contributed by atoms with van der Waals surface area (Å²) in [5, 5.41) is 6.66. The fourth-order valence-electron chi connectivity index (χ4n) is 2.88. The smallest absolute Gasteiger partial charge is 0.261 e. The van der Waals surface area contributed by atoms with E-state index in [9.17, 15) is 13.2 Å². The minimum atomic E-state index is -3.69. The summed E-state index contributed by atoms with van der Waals surface area (Å²) in [5.74, 6) is 0.293. The molecular formula is C23H25N3O4S. The molecule has 1 amide bonds. The summed E-state index contributed by atoms with van der Waals surface area (Å²) < 4.78 is 33.2. The third-order valence-corrected chi connectivity index (χ3v) is 6.08. The molecule has 2 aromatic carbocycles. The molecule has 7 nitrogen and oxygen atoms in total. The molecule has 0 aliphatic heterocycles. The van der Waals surface area contributed by atoms with Crippen LogP contribution in [0.2, 0.25) is 0 Å². The fourth-order valence-corrected chi connectivity index (χ4v) is 3.93. The normalized spacial score (nSPS) is 11.6.